The first kappa shape index (κ1) is 25.0. The average molecular weight is 510 g/mol. The zero-order valence-electron chi connectivity index (χ0n) is 20.0. The summed E-state index contributed by atoms with van der Waals surface area (Å²) in [5.74, 6) is -7.07. The maximum atomic E-state index is 13.8. The highest BCUT2D eigenvalue weighted by Gasteiger charge is 2.48. The normalized spacial score (nSPS) is 24.3. The highest BCUT2D eigenvalue weighted by molar-refractivity contribution is 6.19. The molecule has 4 aliphatic rings. The Hall–Kier alpha value is -3.63. The van der Waals surface area contributed by atoms with Gasteiger partial charge in [0.1, 0.15) is 11.5 Å². The average Bonchev–Trinajstić information content (AvgIpc) is 2.92. The second kappa shape index (κ2) is 10.4. The van der Waals surface area contributed by atoms with Crippen LogP contribution >= 0.6 is 0 Å². The first-order valence-electron chi connectivity index (χ1n) is 12.3. The van der Waals surface area contributed by atoms with Crippen LogP contribution in [0.3, 0.4) is 0 Å². The molecule has 10 nitrogen and oxygen atoms in total. The van der Waals surface area contributed by atoms with E-state index in [1.54, 1.807) is 0 Å². The summed E-state index contributed by atoms with van der Waals surface area (Å²) in [7, 11) is 0. The van der Waals surface area contributed by atoms with Crippen LogP contribution < -0.4 is 4.74 Å². The molecule has 5 rings (SSSR count). The molecule has 2 aliphatic heterocycles. The maximum absolute atomic E-state index is 13.8. The van der Waals surface area contributed by atoms with Gasteiger partial charge in [0.25, 0.3) is 0 Å². The standard InChI is InChI=1S/C27H26O10/c28-23-17-2-1-3-19(36-26(32)14-4-8-34-9-5-14)21(17)24(29)22-18(23)12-16(25(30)31)13-20(22)37-27(33)15-6-10-35-11-7-15/h1-3,12-15,18,22H,4-11H2,(H,30,31). The smallest absolute Gasteiger partial charge is 0.335 e. The minimum absolute atomic E-state index is 0.0292. The molecule has 2 fully saturated rings. The summed E-state index contributed by atoms with van der Waals surface area (Å²) in [5, 5.41) is 9.61. The van der Waals surface area contributed by atoms with Gasteiger partial charge in [-0.1, -0.05) is 18.2 Å². The number of hydrogen-bond acceptors (Lipinski definition) is 9. The number of carboxylic acid groups (broad SMARTS) is 1. The fourth-order valence-corrected chi connectivity index (χ4v) is 5.17. The van der Waals surface area contributed by atoms with Crippen LogP contribution in [0, 0.1) is 23.7 Å². The number of carboxylic acids is 1. The SMILES string of the molecule is O=C(O)C1=CC2C(=O)c3cccc(OC(=O)C4CCOCC4)c3C(=O)C2C(OC(=O)C2CCOCC2)=C1. The number of Topliss-reactive ketones (excluding diaryl/α,β-unsaturated/α-hetero) is 2. The topological polar surface area (TPSA) is 142 Å². The van der Waals surface area contributed by atoms with Crippen molar-refractivity contribution in [2.75, 3.05) is 26.4 Å². The van der Waals surface area contributed by atoms with Gasteiger partial charge in [0.15, 0.2) is 11.6 Å². The van der Waals surface area contributed by atoms with E-state index in [1.165, 1.54) is 24.3 Å². The zero-order valence-corrected chi connectivity index (χ0v) is 20.0. The minimum Gasteiger partial charge on any atom is -0.478 e. The Morgan fingerprint density at radius 3 is 2.03 bits per heavy atom. The van der Waals surface area contributed by atoms with Gasteiger partial charge in [0.2, 0.25) is 0 Å². The second-order valence-electron chi connectivity index (χ2n) is 9.50. The van der Waals surface area contributed by atoms with E-state index in [0.717, 1.165) is 6.08 Å². The van der Waals surface area contributed by atoms with Gasteiger partial charge in [-0.25, -0.2) is 4.79 Å². The van der Waals surface area contributed by atoms with Crippen LogP contribution in [0.15, 0.2) is 41.7 Å². The van der Waals surface area contributed by atoms with E-state index >= 15 is 0 Å². The van der Waals surface area contributed by atoms with E-state index in [1.807, 2.05) is 0 Å². The van der Waals surface area contributed by atoms with Crippen molar-refractivity contribution in [2.24, 2.45) is 23.7 Å². The molecular formula is C27H26O10. The highest BCUT2D eigenvalue weighted by atomic mass is 16.5. The van der Waals surface area contributed by atoms with E-state index in [4.69, 9.17) is 18.9 Å². The molecule has 0 spiro atoms. The molecule has 2 saturated heterocycles. The van der Waals surface area contributed by atoms with Gasteiger partial charge in [-0.2, -0.15) is 0 Å². The molecule has 1 aromatic carbocycles. The van der Waals surface area contributed by atoms with Gasteiger partial charge in [0, 0.05) is 32.0 Å². The number of ketones is 2. The highest BCUT2D eigenvalue weighted by Crippen LogP contribution is 2.43. The molecule has 1 N–H and O–H groups in total. The van der Waals surface area contributed by atoms with Gasteiger partial charge >= 0.3 is 17.9 Å². The number of carbonyl (C=O) groups excluding carboxylic acids is 4. The number of aliphatic carboxylic acids is 1. The molecule has 2 heterocycles. The van der Waals surface area contributed by atoms with E-state index in [0.29, 0.717) is 52.1 Å². The molecule has 1 aromatic rings. The lowest BCUT2D eigenvalue weighted by atomic mass is 9.70. The van der Waals surface area contributed by atoms with Crippen molar-refractivity contribution >= 4 is 29.5 Å². The lowest BCUT2D eigenvalue weighted by Gasteiger charge is -2.34. The van der Waals surface area contributed by atoms with Gasteiger partial charge in [-0.05, 0) is 37.8 Å². The first-order valence-corrected chi connectivity index (χ1v) is 12.3. The molecule has 2 atom stereocenters. The number of esters is 2. The second-order valence-corrected chi connectivity index (χ2v) is 9.50. The van der Waals surface area contributed by atoms with Crippen LogP contribution in [-0.4, -0.2) is 61.0 Å². The molecule has 0 amide bonds. The lowest BCUT2D eigenvalue weighted by molar-refractivity contribution is -0.148. The summed E-state index contributed by atoms with van der Waals surface area (Å²) >= 11 is 0. The van der Waals surface area contributed by atoms with Crippen molar-refractivity contribution in [3.63, 3.8) is 0 Å². The fourth-order valence-electron chi connectivity index (χ4n) is 5.17. The first-order chi connectivity index (χ1) is 17.8. The molecule has 0 bridgehead atoms. The minimum atomic E-state index is -1.32. The Labute approximate surface area is 212 Å². The van der Waals surface area contributed by atoms with E-state index < -0.39 is 53.1 Å². The third-order valence-electron chi connectivity index (χ3n) is 7.23. The zero-order chi connectivity index (χ0) is 26.1. The maximum Gasteiger partial charge on any atom is 0.335 e. The molecule has 37 heavy (non-hydrogen) atoms. The summed E-state index contributed by atoms with van der Waals surface area (Å²) in [6, 6.07) is 4.39. The number of rotatable bonds is 5. The van der Waals surface area contributed by atoms with Gasteiger partial charge in [0.05, 0.1) is 34.8 Å². The molecule has 2 unspecified atom stereocenters. The Morgan fingerprint density at radius 1 is 0.838 bits per heavy atom. The fraction of sp³-hybridized carbons (Fsp3) is 0.444. The van der Waals surface area contributed by atoms with Crippen LogP contribution in [0.4, 0.5) is 0 Å². The number of ether oxygens (including phenoxy) is 4. The molecule has 194 valence electrons. The summed E-state index contributed by atoms with van der Waals surface area (Å²) < 4.78 is 21.8. The Kier molecular flexibility index (Phi) is 7.03. The summed E-state index contributed by atoms with van der Waals surface area (Å²) in [6.45, 7) is 1.63. The van der Waals surface area contributed by atoms with Crippen molar-refractivity contribution in [1.82, 2.24) is 0 Å². The molecular weight excluding hydrogens is 484 g/mol. The number of carbonyl (C=O) groups is 5. The largest absolute Gasteiger partial charge is 0.478 e. The Bertz CT molecular complexity index is 1210. The van der Waals surface area contributed by atoms with Gasteiger partial charge in [-0.15, -0.1) is 0 Å². The van der Waals surface area contributed by atoms with Crippen molar-refractivity contribution in [3.8, 4) is 5.75 Å². The molecule has 10 heteroatoms. The Morgan fingerprint density at radius 2 is 1.43 bits per heavy atom. The lowest BCUT2D eigenvalue weighted by Crippen LogP contribution is -2.41. The van der Waals surface area contributed by atoms with E-state index in [9.17, 15) is 29.1 Å². The van der Waals surface area contributed by atoms with Crippen LogP contribution in [0.1, 0.15) is 46.4 Å². The van der Waals surface area contributed by atoms with Crippen molar-refractivity contribution in [2.45, 2.75) is 25.7 Å². The van der Waals surface area contributed by atoms with Crippen LogP contribution in [0.5, 0.6) is 5.75 Å². The van der Waals surface area contributed by atoms with Crippen LogP contribution in [-0.2, 0) is 28.6 Å². The van der Waals surface area contributed by atoms with Crippen LogP contribution in [0.25, 0.3) is 0 Å². The number of benzene rings is 1. The molecule has 0 radical (unpaired) electrons. The van der Waals surface area contributed by atoms with Gasteiger partial charge < -0.3 is 24.1 Å². The van der Waals surface area contributed by atoms with E-state index in [2.05, 4.69) is 0 Å². The predicted molar refractivity (Wildman–Crippen MR) is 125 cm³/mol. The number of allylic oxidation sites excluding steroid dienone is 2. The summed E-state index contributed by atoms with van der Waals surface area (Å²) in [6.07, 6.45) is 4.18. The third kappa shape index (κ3) is 4.86. The summed E-state index contributed by atoms with van der Waals surface area (Å²) in [5.41, 5.74) is -0.293. The number of fused-ring (bicyclic) bond motifs is 2. The quantitative estimate of drug-likeness (QED) is 0.464. The summed E-state index contributed by atoms with van der Waals surface area (Å²) in [4.78, 5) is 64.8. The van der Waals surface area contributed by atoms with E-state index in [-0.39, 0.29) is 28.2 Å². The molecule has 0 saturated carbocycles. The van der Waals surface area contributed by atoms with Crippen molar-refractivity contribution in [1.29, 1.82) is 0 Å². The predicted octanol–water partition coefficient (Wildman–Crippen LogP) is 2.51. The van der Waals surface area contributed by atoms with Crippen molar-refractivity contribution in [3.05, 3.63) is 52.8 Å². The van der Waals surface area contributed by atoms with Crippen LogP contribution in [0.2, 0.25) is 0 Å². The third-order valence-corrected chi connectivity index (χ3v) is 7.23. The number of hydrogen-bond donors (Lipinski definition) is 1. The van der Waals surface area contributed by atoms with Crippen molar-refractivity contribution < 1.29 is 48.0 Å². The van der Waals surface area contributed by atoms with Gasteiger partial charge in [-0.3, -0.25) is 19.2 Å². The molecule has 2 aliphatic carbocycles. The Balaban J connectivity index is 1.48. The molecule has 0 aromatic heterocycles. The monoisotopic (exact) mass is 510 g/mol.